The van der Waals surface area contributed by atoms with E-state index in [4.69, 9.17) is 5.73 Å². The molecule has 1 aromatic rings. The van der Waals surface area contributed by atoms with Gasteiger partial charge in [0.15, 0.2) is 0 Å². The molecule has 0 bridgehead atoms. The first kappa shape index (κ1) is 10.2. The van der Waals surface area contributed by atoms with Crippen LogP contribution in [0, 0.1) is 0 Å². The van der Waals surface area contributed by atoms with Crippen LogP contribution in [0.15, 0.2) is 27.1 Å². The fourth-order valence-electron chi connectivity index (χ4n) is 1.05. The Morgan fingerprint density at radius 3 is 2.25 bits per heavy atom. The highest BCUT2D eigenvalue weighted by Gasteiger charge is 2.05. The third-order valence-corrected chi connectivity index (χ3v) is 3.07. The Morgan fingerprint density at radius 2 is 1.83 bits per heavy atom. The van der Waals surface area contributed by atoms with Gasteiger partial charge in [-0.2, -0.15) is 0 Å². The number of halogens is 2. The van der Waals surface area contributed by atoms with E-state index >= 15 is 0 Å². The maximum absolute atomic E-state index is 5.72. The van der Waals surface area contributed by atoms with Crippen LogP contribution in [-0.4, -0.2) is 6.04 Å². The second-order valence-corrected chi connectivity index (χ2v) is 4.59. The molecule has 2 N–H and O–H groups in total. The molecule has 0 aliphatic carbocycles. The summed E-state index contributed by atoms with van der Waals surface area (Å²) in [5.74, 6) is 0. The van der Waals surface area contributed by atoms with Crippen molar-refractivity contribution in [2.45, 2.75) is 19.4 Å². The maximum atomic E-state index is 5.72. The van der Waals surface area contributed by atoms with Gasteiger partial charge in [-0.1, -0.05) is 37.9 Å². The average molecular weight is 293 g/mol. The molecular weight excluding hydrogens is 282 g/mol. The number of hydrogen-bond acceptors (Lipinski definition) is 1. The van der Waals surface area contributed by atoms with Crippen molar-refractivity contribution in [1.82, 2.24) is 0 Å². The van der Waals surface area contributed by atoms with Crippen molar-refractivity contribution in [3.8, 4) is 0 Å². The third-order valence-electron chi connectivity index (χ3n) is 1.59. The van der Waals surface area contributed by atoms with Crippen LogP contribution in [-0.2, 0) is 6.42 Å². The molecule has 1 rings (SSSR count). The van der Waals surface area contributed by atoms with Crippen LogP contribution >= 0.6 is 31.9 Å². The van der Waals surface area contributed by atoms with Crippen LogP contribution < -0.4 is 5.73 Å². The molecule has 0 spiro atoms. The summed E-state index contributed by atoms with van der Waals surface area (Å²) >= 11 is 6.98. The highest BCUT2D eigenvalue weighted by molar-refractivity contribution is 9.11. The minimum atomic E-state index is 0.194. The minimum Gasteiger partial charge on any atom is -0.328 e. The molecule has 0 aromatic heterocycles. The summed E-state index contributed by atoms with van der Waals surface area (Å²) < 4.78 is 2.24. The Kier molecular flexibility index (Phi) is 3.75. The lowest BCUT2D eigenvalue weighted by molar-refractivity contribution is 0.734. The van der Waals surface area contributed by atoms with Gasteiger partial charge in [0.05, 0.1) is 0 Å². The number of nitrogens with two attached hydrogens (primary N) is 1. The predicted molar refractivity (Wildman–Crippen MR) is 59.2 cm³/mol. The zero-order valence-corrected chi connectivity index (χ0v) is 10.0. The fourth-order valence-corrected chi connectivity index (χ4v) is 2.37. The number of benzene rings is 1. The largest absolute Gasteiger partial charge is 0.328 e. The van der Waals surface area contributed by atoms with Gasteiger partial charge >= 0.3 is 0 Å². The van der Waals surface area contributed by atoms with Crippen molar-refractivity contribution in [3.63, 3.8) is 0 Å². The van der Waals surface area contributed by atoms with Gasteiger partial charge in [-0.3, -0.25) is 0 Å². The van der Waals surface area contributed by atoms with E-state index in [9.17, 15) is 0 Å². The lowest BCUT2D eigenvalue weighted by Gasteiger charge is -2.09. The Hall–Kier alpha value is 0.140. The summed E-state index contributed by atoms with van der Waals surface area (Å²) in [6, 6.07) is 6.25. The van der Waals surface area contributed by atoms with E-state index in [1.165, 1.54) is 5.56 Å². The first-order chi connectivity index (χ1) is 5.61. The van der Waals surface area contributed by atoms with Crippen molar-refractivity contribution >= 4 is 31.9 Å². The van der Waals surface area contributed by atoms with Crippen molar-refractivity contribution in [1.29, 1.82) is 0 Å². The minimum absolute atomic E-state index is 0.194. The van der Waals surface area contributed by atoms with E-state index in [1.54, 1.807) is 0 Å². The first-order valence-electron chi connectivity index (χ1n) is 3.79. The van der Waals surface area contributed by atoms with Gasteiger partial charge in [-0.05, 0) is 31.0 Å². The molecule has 0 saturated heterocycles. The Labute approximate surface area is 89.6 Å². The van der Waals surface area contributed by atoms with E-state index in [0.29, 0.717) is 0 Å². The molecule has 0 aliphatic heterocycles. The van der Waals surface area contributed by atoms with E-state index < -0.39 is 0 Å². The van der Waals surface area contributed by atoms with Crippen LogP contribution in [0.1, 0.15) is 12.5 Å². The lowest BCUT2D eigenvalue weighted by atomic mass is 10.1. The van der Waals surface area contributed by atoms with Crippen LogP contribution in [0.5, 0.6) is 0 Å². The summed E-state index contributed by atoms with van der Waals surface area (Å²) in [4.78, 5) is 0. The molecule has 66 valence electrons. The summed E-state index contributed by atoms with van der Waals surface area (Å²) in [5, 5.41) is 0. The van der Waals surface area contributed by atoms with Gasteiger partial charge in [0.2, 0.25) is 0 Å². The van der Waals surface area contributed by atoms with E-state index in [2.05, 4.69) is 31.9 Å². The molecular formula is C9H11Br2N. The zero-order valence-electron chi connectivity index (χ0n) is 6.85. The Bertz CT molecular complexity index is 251. The van der Waals surface area contributed by atoms with E-state index in [1.807, 2.05) is 25.1 Å². The summed E-state index contributed by atoms with van der Waals surface area (Å²) in [7, 11) is 0. The van der Waals surface area contributed by atoms with Gasteiger partial charge < -0.3 is 5.73 Å². The molecule has 0 amide bonds. The van der Waals surface area contributed by atoms with E-state index in [0.717, 1.165) is 15.4 Å². The molecule has 1 nitrogen and oxygen atoms in total. The van der Waals surface area contributed by atoms with Crippen LogP contribution in [0.25, 0.3) is 0 Å². The van der Waals surface area contributed by atoms with Crippen molar-refractivity contribution in [2.75, 3.05) is 0 Å². The zero-order chi connectivity index (χ0) is 9.14. The summed E-state index contributed by atoms with van der Waals surface area (Å²) in [6.45, 7) is 2.01. The highest BCUT2D eigenvalue weighted by Crippen LogP contribution is 2.25. The molecule has 3 heteroatoms. The third kappa shape index (κ3) is 2.57. The molecule has 0 aliphatic rings. The predicted octanol–water partition coefficient (Wildman–Crippen LogP) is 3.10. The average Bonchev–Trinajstić information content (AvgIpc) is 1.97. The van der Waals surface area contributed by atoms with Crippen molar-refractivity contribution in [2.24, 2.45) is 5.73 Å². The van der Waals surface area contributed by atoms with Crippen molar-refractivity contribution < 1.29 is 0 Å². The standard InChI is InChI=1S/C9H11Br2N/c1-6(12)5-7-8(10)3-2-4-9(7)11/h2-4,6H,5,12H2,1H3. The molecule has 0 fully saturated rings. The number of hydrogen-bond donors (Lipinski definition) is 1. The highest BCUT2D eigenvalue weighted by atomic mass is 79.9. The van der Waals surface area contributed by atoms with Gasteiger partial charge in [0.25, 0.3) is 0 Å². The summed E-state index contributed by atoms with van der Waals surface area (Å²) in [5.41, 5.74) is 6.96. The quantitative estimate of drug-likeness (QED) is 0.891. The van der Waals surface area contributed by atoms with E-state index in [-0.39, 0.29) is 6.04 Å². The normalized spacial score (nSPS) is 13.0. The Balaban J connectivity index is 2.96. The van der Waals surface area contributed by atoms with Crippen LogP contribution in [0.4, 0.5) is 0 Å². The van der Waals surface area contributed by atoms with Crippen LogP contribution in [0.2, 0.25) is 0 Å². The first-order valence-corrected chi connectivity index (χ1v) is 5.38. The van der Waals surface area contributed by atoms with Gasteiger partial charge in [0, 0.05) is 15.0 Å². The fraction of sp³-hybridized carbons (Fsp3) is 0.333. The molecule has 1 unspecified atom stereocenters. The molecule has 1 aromatic carbocycles. The molecule has 0 radical (unpaired) electrons. The Morgan fingerprint density at radius 1 is 1.33 bits per heavy atom. The topological polar surface area (TPSA) is 26.0 Å². The molecule has 12 heavy (non-hydrogen) atoms. The monoisotopic (exact) mass is 291 g/mol. The molecule has 0 heterocycles. The smallest absolute Gasteiger partial charge is 0.0219 e. The second-order valence-electron chi connectivity index (χ2n) is 2.88. The number of rotatable bonds is 2. The SMILES string of the molecule is CC(N)Cc1c(Br)cccc1Br. The van der Waals surface area contributed by atoms with Gasteiger partial charge in [-0.15, -0.1) is 0 Å². The van der Waals surface area contributed by atoms with Crippen LogP contribution in [0.3, 0.4) is 0 Å². The second kappa shape index (κ2) is 4.40. The van der Waals surface area contributed by atoms with Crippen molar-refractivity contribution in [3.05, 3.63) is 32.7 Å². The lowest BCUT2D eigenvalue weighted by Crippen LogP contribution is -2.18. The van der Waals surface area contributed by atoms with Gasteiger partial charge in [-0.25, -0.2) is 0 Å². The maximum Gasteiger partial charge on any atom is 0.0219 e. The summed E-state index contributed by atoms with van der Waals surface area (Å²) in [6.07, 6.45) is 0.891. The molecule has 0 saturated carbocycles. The molecule has 1 atom stereocenters. The van der Waals surface area contributed by atoms with Gasteiger partial charge in [0.1, 0.15) is 0 Å².